The van der Waals surface area contributed by atoms with Crippen LogP contribution in [0.25, 0.3) is 0 Å². The van der Waals surface area contributed by atoms with Crippen LogP contribution >= 0.6 is 0 Å². The van der Waals surface area contributed by atoms with Crippen molar-refractivity contribution in [3.8, 4) is 0 Å². The van der Waals surface area contributed by atoms with Gasteiger partial charge in [0.1, 0.15) is 5.82 Å². The van der Waals surface area contributed by atoms with Crippen molar-refractivity contribution in [3.05, 3.63) is 35.6 Å². The Morgan fingerprint density at radius 1 is 1.38 bits per heavy atom. The van der Waals surface area contributed by atoms with Gasteiger partial charge in [-0.2, -0.15) is 4.31 Å². The van der Waals surface area contributed by atoms with Gasteiger partial charge in [0.25, 0.3) is 0 Å². The molecule has 1 amide bonds. The fraction of sp³-hybridized carbons (Fsp3) is 0.500. The number of hydrogen-bond acceptors (Lipinski definition) is 5. The first-order chi connectivity index (χ1) is 11.1. The van der Waals surface area contributed by atoms with Crippen LogP contribution in [0.1, 0.15) is 12.0 Å². The third-order valence-electron chi connectivity index (χ3n) is 3.69. The van der Waals surface area contributed by atoms with Crippen LogP contribution in [0.5, 0.6) is 0 Å². The molecule has 134 valence electrons. The summed E-state index contributed by atoms with van der Waals surface area (Å²) in [6.07, 6.45) is 1.24. The van der Waals surface area contributed by atoms with Gasteiger partial charge in [-0.15, -0.1) is 0 Å². The molecule has 1 aliphatic heterocycles. The third kappa shape index (κ3) is 5.25. The van der Waals surface area contributed by atoms with Gasteiger partial charge < -0.3 is 5.32 Å². The number of sulfone groups is 1. The summed E-state index contributed by atoms with van der Waals surface area (Å²) in [5.41, 5.74) is 0.152. The number of benzene rings is 1. The van der Waals surface area contributed by atoms with Crippen LogP contribution in [0.2, 0.25) is 0 Å². The lowest BCUT2D eigenvalue weighted by atomic mass is 10.2. The molecule has 1 fully saturated rings. The monoisotopic (exact) mass is 378 g/mol. The summed E-state index contributed by atoms with van der Waals surface area (Å²) in [4.78, 5) is 12.0. The topological polar surface area (TPSA) is 101 Å². The van der Waals surface area contributed by atoms with Crippen LogP contribution in [0, 0.1) is 5.82 Å². The van der Waals surface area contributed by atoms with E-state index in [1.807, 2.05) is 0 Å². The zero-order valence-electron chi connectivity index (χ0n) is 13.1. The first-order valence-electron chi connectivity index (χ1n) is 7.25. The van der Waals surface area contributed by atoms with Crippen LogP contribution in [-0.4, -0.2) is 57.4 Å². The Morgan fingerprint density at radius 3 is 2.58 bits per heavy atom. The van der Waals surface area contributed by atoms with Crippen molar-refractivity contribution in [2.75, 3.05) is 24.3 Å². The summed E-state index contributed by atoms with van der Waals surface area (Å²) in [7, 11) is -6.89. The van der Waals surface area contributed by atoms with Crippen LogP contribution < -0.4 is 5.32 Å². The van der Waals surface area contributed by atoms with E-state index in [1.165, 1.54) is 18.2 Å². The minimum Gasteiger partial charge on any atom is -0.351 e. The number of rotatable bonds is 6. The van der Waals surface area contributed by atoms with Gasteiger partial charge in [0.15, 0.2) is 9.84 Å². The number of nitrogens with one attached hydrogen (secondary N) is 1. The maximum atomic E-state index is 13.7. The number of hydrogen-bond donors (Lipinski definition) is 1. The molecule has 1 N–H and O–H groups in total. The van der Waals surface area contributed by atoms with Crippen molar-refractivity contribution in [2.24, 2.45) is 0 Å². The van der Waals surface area contributed by atoms with E-state index in [-0.39, 0.29) is 23.6 Å². The molecule has 1 aromatic carbocycles. The Hall–Kier alpha value is -1.52. The Morgan fingerprint density at radius 2 is 2.04 bits per heavy atom. The smallest absolute Gasteiger partial charge is 0.235 e. The van der Waals surface area contributed by atoms with Gasteiger partial charge in [0.2, 0.25) is 15.9 Å². The minimum absolute atomic E-state index is 0.00294. The molecule has 0 saturated carbocycles. The van der Waals surface area contributed by atoms with Gasteiger partial charge in [-0.1, -0.05) is 18.2 Å². The van der Waals surface area contributed by atoms with E-state index < -0.39 is 44.2 Å². The lowest BCUT2D eigenvalue weighted by Gasteiger charge is -2.21. The summed E-state index contributed by atoms with van der Waals surface area (Å²) >= 11 is 0. The molecule has 1 atom stereocenters. The van der Waals surface area contributed by atoms with Gasteiger partial charge in [0, 0.05) is 18.2 Å². The standard InChI is InChI=1S/C14H19FN2O5S2/c1-23(19,20)17(8-11-4-2-3-5-13(11)15)9-14(18)16-12-6-7-24(21,22)10-12/h2-5,12H,6-10H2,1H3,(H,16,18). The van der Waals surface area contributed by atoms with Crippen molar-refractivity contribution in [3.63, 3.8) is 0 Å². The molecule has 0 radical (unpaired) electrons. The second-order valence-corrected chi connectivity index (χ2v) is 10.0. The molecule has 1 aliphatic rings. The van der Waals surface area contributed by atoms with Crippen LogP contribution in [0.15, 0.2) is 24.3 Å². The normalized spacial score (nSPS) is 20.2. The molecule has 0 spiro atoms. The average Bonchev–Trinajstić information content (AvgIpc) is 2.78. The van der Waals surface area contributed by atoms with E-state index in [9.17, 15) is 26.0 Å². The fourth-order valence-electron chi connectivity index (χ4n) is 2.45. The molecular weight excluding hydrogens is 359 g/mol. The number of sulfonamides is 1. The van der Waals surface area contributed by atoms with E-state index in [2.05, 4.69) is 5.32 Å². The van der Waals surface area contributed by atoms with Gasteiger partial charge in [-0.3, -0.25) is 4.79 Å². The lowest BCUT2D eigenvalue weighted by Crippen LogP contribution is -2.44. The SMILES string of the molecule is CS(=O)(=O)N(CC(=O)NC1CCS(=O)(=O)C1)Cc1ccccc1F. The summed E-state index contributed by atoms with van der Waals surface area (Å²) in [5.74, 6) is -1.32. The number of carbonyl (C=O) groups is 1. The van der Waals surface area contributed by atoms with E-state index in [0.717, 1.165) is 10.6 Å². The third-order valence-corrected chi connectivity index (χ3v) is 6.66. The Balaban J connectivity index is 2.04. The van der Waals surface area contributed by atoms with Gasteiger partial charge in [-0.05, 0) is 12.5 Å². The number of halogens is 1. The molecular formula is C14H19FN2O5S2. The van der Waals surface area contributed by atoms with Crippen LogP contribution in [0.4, 0.5) is 4.39 Å². The molecule has 1 heterocycles. The van der Waals surface area contributed by atoms with Crippen LogP contribution in [-0.2, 0) is 31.2 Å². The lowest BCUT2D eigenvalue weighted by molar-refractivity contribution is -0.121. The highest BCUT2D eigenvalue weighted by Crippen LogP contribution is 2.14. The molecule has 10 heteroatoms. The largest absolute Gasteiger partial charge is 0.351 e. The average molecular weight is 378 g/mol. The molecule has 7 nitrogen and oxygen atoms in total. The summed E-state index contributed by atoms with van der Waals surface area (Å²) in [6.45, 7) is -0.772. The summed E-state index contributed by atoms with van der Waals surface area (Å²) < 4.78 is 61.0. The molecule has 24 heavy (non-hydrogen) atoms. The first-order valence-corrected chi connectivity index (χ1v) is 10.9. The second kappa shape index (κ2) is 7.16. The highest BCUT2D eigenvalue weighted by Gasteiger charge is 2.30. The molecule has 0 aromatic heterocycles. The van der Waals surface area contributed by atoms with Crippen molar-refractivity contribution >= 4 is 25.8 Å². The first kappa shape index (κ1) is 18.8. The zero-order valence-corrected chi connectivity index (χ0v) is 14.7. The van der Waals surface area contributed by atoms with Crippen molar-refractivity contribution in [2.45, 2.75) is 19.0 Å². The molecule has 1 aromatic rings. The van der Waals surface area contributed by atoms with Gasteiger partial charge >= 0.3 is 0 Å². The second-order valence-electron chi connectivity index (χ2n) is 5.79. The Kier molecular flexibility index (Phi) is 5.61. The maximum absolute atomic E-state index is 13.7. The van der Waals surface area contributed by atoms with Gasteiger partial charge in [-0.25, -0.2) is 21.2 Å². The minimum atomic E-state index is -3.74. The van der Waals surface area contributed by atoms with Crippen molar-refractivity contribution < 1.29 is 26.0 Å². The highest BCUT2D eigenvalue weighted by molar-refractivity contribution is 7.91. The molecule has 0 bridgehead atoms. The van der Waals surface area contributed by atoms with E-state index in [1.54, 1.807) is 6.07 Å². The van der Waals surface area contributed by atoms with E-state index in [0.29, 0.717) is 6.42 Å². The number of nitrogens with zero attached hydrogens (tertiary/aromatic N) is 1. The number of carbonyl (C=O) groups excluding carboxylic acids is 1. The maximum Gasteiger partial charge on any atom is 0.235 e. The predicted molar refractivity (Wildman–Crippen MR) is 86.9 cm³/mol. The van der Waals surface area contributed by atoms with Gasteiger partial charge in [0.05, 0.1) is 24.3 Å². The predicted octanol–water partition coefficient (Wildman–Crippen LogP) is -0.109. The number of amides is 1. The molecule has 1 unspecified atom stereocenters. The molecule has 0 aliphatic carbocycles. The van der Waals surface area contributed by atoms with Crippen LogP contribution in [0.3, 0.4) is 0 Å². The highest BCUT2D eigenvalue weighted by atomic mass is 32.2. The van der Waals surface area contributed by atoms with Crippen molar-refractivity contribution in [1.82, 2.24) is 9.62 Å². The van der Waals surface area contributed by atoms with E-state index >= 15 is 0 Å². The molecule has 1 saturated heterocycles. The Bertz CT molecular complexity index is 823. The summed E-state index contributed by atoms with van der Waals surface area (Å²) in [5, 5.41) is 2.52. The molecule has 2 rings (SSSR count). The van der Waals surface area contributed by atoms with E-state index in [4.69, 9.17) is 0 Å². The quantitative estimate of drug-likeness (QED) is 0.744. The fourth-order valence-corrected chi connectivity index (χ4v) is 4.85. The van der Waals surface area contributed by atoms with Crippen molar-refractivity contribution in [1.29, 1.82) is 0 Å². The zero-order chi connectivity index (χ0) is 18.0. The summed E-state index contributed by atoms with van der Waals surface area (Å²) in [6, 6.07) is 5.19. The Labute approximate surface area is 140 Å².